The molecule has 0 bridgehead atoms. The monoisotopic (exact) mass is 401 g/mol. The van der Waals surface area contributed by atoms with Crippen molar-refractivity contribution in [2.45, 2.75) is 32.7 Å². The number of likely N-dealkylation sites (tertiary alicyclic amines) is 1. The number of amides is 1. The summed E-state index contributed by atoms with van der Waals surface area (Å²) in [5.74, 6) is 0.712. The first-order valence-corrected chi connectivity index (χ1v) is 10.9. The van der Waals surface area contributed by atoms with Gasteiger partial charge in [0.1, 0.15) is 0 Å². The number of fused-ring (bicyclic) bond motifs is 2. The summed E-state index contributed by atoms with van der Waals surface area (Å²) < 4.78 is 0. The Bertz CT molecular complexity index is 1170. The topological polar surface area (TPSA) is 56.4 Å². The molecular weight excluding hydrogens is 374 g/mol. The number of nitrogens with one attached hydrogen (secondary N) is 1. The van der Waals surface area contributed by atoms with Gasteiger partial charge in [-0.15, -0.1) is 0 Å². The number of aromatic amines is 1. The molecule has 5 nitrogen and oxygen atoms in total. The molecule has 0 saturated carbocycles. The number of carbonyl (C=O) groups excluding carboxylic acids is 1. The number of carbonyl (C=O) groups is 1. The molecule has 1 aromatic heterocycles. The molecule has 3 heterocycles. The summed E-state index contributed by atoms with van der Waals surface area (Å²) in [7, 11) is 0. The highest BCUT2D eigenvalue weighted by molar-refractivity contribution is 6.02. The second-order valence-electron chi connectivity index (χ2n) is 8.69. The summed E-state index contributed by atoms with van der Waals surface area (Å²) in [4.78, 5) is 32.2. The molecule has 5 rings (SSSR count). The lowest BCUT2D eigenvalue weighted by atomic mass is 9.98. The molecule has 0 radical (unpaired) electrons. The highest BCUT2D eigenvalue weighted by Gasteiger charge is 2.23. The lowest BCUT2D eigenvalue weighted by Gasteiger charge is -2.32. The van der Waals surface area contributed by atoms with E-state index in [1.54, 1.807) is 6.20 Å². The molecule has 1 saturated heterocycles. The van der Waals surface area contributed by atoms with E-state index in [1.165, 1.54) is 6.42 Å². The number of piperidine rings is 1. The van der Waals surface area contributed by atoms with Gasteiger partial charge in [0.05, 0.1) is 0 Å². The predicted molar refractivity (Wildman–Crippen MR) is 120 cm³/mol. The molecule has 2 aromatic carbocycles. The predicted octanol–water partition coefficient (Wildman–Crippen LogP) is 3.96. The Kier molecular flexibility index (Phi) is 4.81. The van der Waals surface area contributed by atoms with E-state index < -0.39 is 0 Å². The largest absolute Gasteiger partial charge is 0.366 e. The summed E-state index contributed by atoms with van der Waals surface area (Å²) in [5.41, 5.74) is 3.94. The van der Waals surface area contributed by atoms with Crippen LogP contribution in [-0.4, -0.2) is 35.4 Å². The van der Waals surface area contributed by atoms with Gasteiger partial charge >= 0.3 is 0 Å². The van der Waals surface area contributed by atoms with Crippen LogP contribution in [0.3, 0.4) is 0 Å². The van der Waals surface area contributed by atoms with Crippen LogP contribution >= 0.6 is 0 Å². The van der Waals surface area contributed by atoms with Gasteiger partial charge in [-0.05, 0) is 60.4 Å². The number of hydrogen-bond acceptors (Lipinski definition) is 3. The molecule has 0 unspecified atom stereocenters. The van der Waals surface area contributed by atoms with Crippen LogP contribution in [0.1, 0.15) is 41.3 Å². The minimum atomic E-state index is 0.0280. The van der Waals surface area contributed by atoms with Crippen molar-refractivity contribution in [3.63, 3.8) is 0 Å². The van der Waals surface area contributed by atoms with E-state index in [9.17, 15) is 9.59 Å². The van der Waals surface area contributed by atoms with Gasteiger partial charge in [0.25, 0.3) is 11.5 Å². The zero-order chi connectivity index (χ0) is 20.7. The summed E-state index contributed by atoms with van der Waals surface area (Å²) in [6.07, 6.45) is 4.76. The maximum absolute atomic E-state index is 13.0. The number of benzene rings is 2. The fraction of sp³-hybridized carbons (Fsp3) is 0.360. The zero-order valence-electron chi connectivity index (χ0n) is 17.4. The molecule has 0 aliphatic carbocycles. The number of aromatic nitrogens is 1. The quantitative estimate of drug-likeness (QED) is 0.707. The van der Waals surface area contributed by atoms with Crippen LogP contribution in [0.5, 0.6) is 0 Å². The van der Waals surface area contributed by atoms with E-state index in [0.717, 1.165) is 72.2 Å². The van der Waals surface area contributed by atoms with Crippen LogP contribution in [0.4, 0.5) is 5.69 Å². The normalized spacial score (nSPS) is 19.0. The number of rotatable bonds is 2. The van der Waals surface area contributed by atoms with Crippen LogP contribution < -0.4 is 10.5 Å². The number of nitrogens with zero attached hydrogens (tertiary/aromatic N) is 2. The molecule has 1 N–H and O–H groups in total. The van der Waals surface area contributed by atoms with Crippen molar-refractivity contribution in [3.8, 4) is 0 Å². The van der Waals surface area contributed by atoms with Crippen molar-refractivity contribution in [3.05, 3.63) is 75.7 Å². The average molecular weight is 402 g/mol. The first kappa shape index (κ1) is 18.9. The molecule has 2 aliphatic rings. The maximum atomic E-state index is 13.0. The zero-order valence-corrected chi connectivity index (χ0v) is 17.4. The van der Waals surface area contributed by atoms with Gasteiger partial charge in [-0.3, -0.25) is 9.59 Å². The van der Waals surface area contributed by atoms with Gasteiger partial charge in [0.2, 0.25) is 0 Å². The first-order chi connectivity index (χ1) is 14.6. The second-order valence-corrected chi connectivity index (χ2v) is 8.69. The van der Waals surface area contributed by atoms with Gasteiger partial charge in [-0.25, -0.2) is 0 Å². The van der Waals surface area contributed by atoms with Gasteiger partial charge < -0.3 is 14.8 Å². The van der Waals surface area contributed by atoms with Gasteiger partial charge in [0.15, 0.2) is 0 Å². The summed E-state index contributed by atoms with van der Waals surface area (Å²) >= 11 is 0. The van der Waals surface area contributed by atoms with Crippen molar-refractivity contribution in [1.29, 1.82) is 0 Å². The van der Waals surface area contributed by atoms with E-state index in [2.05, 4.69) is 41.1 Å². The Morgan fingerprint density at radius 1 is 1.13 bits per heavy atom. The third kappa shape index (κ3) is 3.38. The molecule has 5 heteroatoms. The van der Waals surface area contributed by atoms with Crippen LogP contribution in [0.15, 0.2) is 53.5 Å². The smallest absolute Gasteiger partial charge is 0.253 e. The van der Waals surface area contributed by atoms with Crippen LogP contribution in [0.25, 0.3) is 10.8 Å². The summed E-state index contributed by atoms with van der Waals surface area (Å²) in [6, 6.07) is 14.4. The van der Waals surface area contributed by atoms with Gasteiger partial charge in [-0.1, -0.05) is 25.1 Å². The molecule has 30 heavy (non-hydrogen) atoms. The number of anilines is 1. The van der Waals surface area contributed by atoms with Gasteiger partial charge in [0, 0.05) is 54.6 Å². The molecule has 1 amide bonds. The maximum Gasteiger partial charge on any atom is 0.253 e. The molecule has 0 spiro atoms. The highest BCUT2D eigenvalue weighted by atomic mass is 16.2. The van der Waals surface area contributed by atoms with Crippen LogP contribution in [0.2, 0.25) is 0 Å². The van der Waals surface area contributed by atoms with E-state index in [1.807, 2.05) is 23.1 Å². The SMILES string of the molecule is C[C@@H]1CCCN(C(=O)c2ccc3c(N4CCc5c(cc[nH]c5=O)C4)cccc3c2)C1. The Balaban J connectivity index is 1.45. The van der Waals surface area contributed by atoms with Crippen molar-refractivity contribution >= 4 is 22.4 Å². The minimum absolute atomic E-state index is 0.0280. The third-order valence-corrected chi connectivity index (χ3v) is 6.54. The molecule has 1 fully saturated rings. The number of pyridine rings is 1. The van der Waals surface area contributed by atoms with Gasteiger partial charge in [-0.2, -0.15) is 0 Å². The van der Waals surface area contributed by atoms with E-state index in [-0.39, 0.29) is 11.5 Å². The van der Waals surface area contributed by atoms with Crippen molar-refractivity contribution in [2.75, 3.05) is 24.5 Å². The number of H-pyrrole nitrogens is 1. The van der Waals surface area contributed by atoms with Crippen molar-refractivity contribution < 1.29 is 4.79 Å². The second kappa shape index (κ2) is 7.63. The number of hydrogen-bond donors (Lipinski definition) is 1. The molecule has 2 aliphatic heterocycles. The summed E-state index contributed by atoms with van der Waals surface area (Å²) in [6.45, 7) is 5.46. The van der Waals surface area contributed by atoms with Crippen molar-refractivity contribution in [1.82, 2.24) is 9.88 Å². The molecule has 3 aromatic rings. The van der Waals surface area contributed by atoms with Crippen LogP contribution in [-0.2, 0) is 13.0 Å². The Hall–Kier alpha value is -3.08. The highest BCUT2D eigenvalue weighted by Crippen LogP contribution is 2.31. The average Bonchev–Trinajstić information content (AvgIpc) is 2.78. The fourth-order valence-electron chi connectivity index (χ4n) is 4.94. The lowest BCUT2D eigenvalue weighted by Crippen LogP contribution is -2.39. The lowest BCUT2D eigenvalue weighted by molar-refractivity contribution is 0.0683. The van der Waals surface area contributed by atoms with Crippen LogP contribution in [0, 0.1) is 5.92 Å². The fourth-order valence-corrected chi connectivity index (χ4v) is 4.94. The Morgan fingerprint density at radius 2 is 2.03 bits per heavy atom. The Labute approximate surface area is 176 Å². The molecule has 1 atom stereocenters. The standard InChI is InChI=1S/C25H27N3O2/c1-17-4-3-12-28(15-17)25(30)19-7-8-21-18(14-19)5-2-6-23(21)27-13-10-22-20(16-27)9-11-26-24(22)29/h2,5-9,11,14,17H,3-4,10,12-13,15-16H2,1H3,(H,26,29)/t17-/m1/s1. The molecular formula is C25H27N3O2. The van der Waals surface area contributed by atoms with Crippen molar-refractivity contribution in [2.24, 2.45) is 5.92 Å². The van der Waals surface area contributed by atoms with E-state index in [4.69, 9.17) is 0 Å². The summed E-state index contributed by atoms with van der Waals surface area (Å²) in [5, 5.41) is 2.23. The van der Waals surface area contributed by atoms with E-state index >= 15 is 0 Å². The molecule has 154 valence electrons. The third-order valence-electron chi connectivity index (χ3n) is 6.54. The Morgan fingerprint density at radius 3 is 2.90 bits per heavy atom. The van der Waals surface area contributed by atoms with E-state index in [0.29, 0.717) is 5.92 Å². The minimum Gasteiger partial charge on any atom is -0.366 e. The first-order valence-electron chi connectivity index (χ1n) is 10.9.